The molecule has 0 amide bonds. The number of benzene rings is 4. The van der Waals surface area contributed by atoms with Crippen molar-refractivity contribution in [3.8, 4) is 0 Å². The molecular weight excluding hydrogens is 468 g/mol. The normalized spacial score (nSPS) is 14.1. The van der Waals surface area contributed by atoms with E-state index in [2.05, 4.69) is 0 Å². The second-order valence-electron chi connectivity index (χ2n) is 8.41. The van der Waals surface area contributed by atoms with Crippen molar-refractivity contribution in [2.24, 2.45) is 0 Å². The zero-order valence-corrected chi connectivity index (χ0v) is 20.2. The third-order valence-corrected chi connectivity index (χ3v) is 11.2. The Hall–Kier alpha value is -3.29. The summed E-state index contributed by atoms with van der Waals surface area (Å²) in [5.41, 5.74) is -0.799. The lowest BCUT2D eigenvalue weighted by atomic mass is 9.79. The Kier molecular flexibility index (Phi) is 6.43. The van der Waals surface area contributed by atoms with Gasteiger partial charge in [0.1, 0.15) is 6.29 Å². The van der Waals surface area contributed by atoms with Crippen molar-refractivity contribution in [1.29, 1.82) is 0 Å². The van der Waals surface area contributed by atoms with Crippen LogP contribution in [-0.4, -0.2) is 27.7 Å². The fourth-order valence-corrected chi connectivity index (χ4v) is 9.01. The number of hydrogen-bond acceptors (Lipinski definition) is 5. The van der Waals surface area contributed by atoms with Crippen molar-refractivity contribution in [2.45, 2.75) is 33.1 Å². The molecule has 0 aromatic heterocycles. The zero-order valence-electron chi connectivity index (χ0n) is 18.5. The van der Waals surface area contributed by atoms with Gasteiger partial charge in [0.05, 0.1) is 15.2 Å². The first-order valence-electron chi connectivity index (χ1n) is 10.7. The van der Waals surface area contributed by atoms with E-state index in [1.807, 2.05) is 30.3 Å². The summed E-state index contributed by atoms with van der Waals surface area (Å²) >= 11 is 0. The molecule has 0 bridgehead atoms. The molecule has 4 rings (SSSR count). The highest BCUT2D eigenvalue weighted by atomic mass is 32.3. The number of fused-ring (bicyclic) bond motifs is 1. The molecule has 0 N–H and O–H groups in total. The Morgan fingerprint density at radius 2 is 1.15 bits per heavy atom. The van der Waals surface area contributed by atoms with E-state index in [9.17, 15) is 21.6 Å². The quantitative estimate of drug-likeness (QED) is 0.325. The van der Waals surface area contributed by atoms with Crippen molar-refractivity contribution in [2.75, 3.05) is 0 Å². The molecule has 174 valence electrons. The van der Waals surface area contributed by atoms with Gasteiger partial charge < -0.3 is 4.79 Å². The number of rotatable bonds is 8. The van der Waals surface area contributed by atoms with Crippen molar-refractivity contribution < 1.29 is 21.6 Å². The van der Waals surface area contributed by atoms with Gasteiger partial charge in [-0.1, -0.05) is 78.9 Å². The maximum absolute atomic E-state index is 13.7. The van der Waals surface area contributed by atoms with E-state index in [1.54, 1.807) is 55.5 Å². The fraction of sp³-hybridized carbons (Fsp3) is 0.148. The van der Waals surface area contributed by atoms with Gasteiger partial charge in [-0.2, -0.15) is 0 Å². The molecule has 5 nitrogen and oxygen atoms in total. The van der Waals surface area contributed by atoms with Gasteiger partial charge in [0.15, 0.2) is 24.3 Å². The Labute approximate surface area is 199 Å². The summed E-state index contributed by atoms with van der Waals surface area (Å²) in [4.78, 5) is 12.3. The van der Waals surface area contributed by atoms with Crippen LogP contribution in [-0.2, 0) is 29.9 Å². The average molecular weight is 493 g/mol. The molecule has 1 atom stereocenters. The predicted molar refractivity (Wildman–Crippen MR) is 133 cm³/mol. The third kappa shape index (κ3) is 4.29. The maximum Gasteiger partial charge on any atom is 0.195 e. The minimum atomic E-state index is -4.36. The Bertz CT molecular complexity index is 1460. The first kappa shape index (κ1) is 23.9. The van der Waals surface area contributed by atoms with Gasteiger partial charge in [0.2, 0.25) is 0 Å². The summed E-state index contributed by atoms with van der Waals surface area (Å²) in [5.74, 6) is 0. The number of hydrogen-bond donors (Lipinski definition) is 0. The molecule has 34 heavy (non-hydrogen) atoms. The van der Waals surface area contributed by atoms with Crippen LogP contribution in [0, 0.1) is 0 Å². The minimum Gasteiger partial charge on any atom is -0.302 e. The summed E-state index contributed by atoms with van der Waals surface area (Å²) < 4.78 is 53.1. The lowest BCUT2D eigenvalue weighted by molar-refractivity contribution is -0.112. The second kappa shape index (κ2) is 9.16. The van der Waals surface area contributed by atoms with Crippen molar-refractivity contribution in [3.63, 3.8) is 0 Å². The van der Waals surface area contributed by atoms with Gasteiger partial charge in [0, 0.05) is 0 Å². The van der Waals surface area contributed by atoms with E-state index in [0.717, 1.165) is 10.8 Å². The topological polar surface area (TPSA) is 85.3 Å². The van der Waals surface area contributed by atoms with Crippen LogP contribution in [0.15, 0.2) is 113 Å². The molecule has 4 aromatic carbocycles. The molecule has 0 fully saturated rings. The van der Waals surface area contributed by atoms with Gasteiger partial charge in [-0.25, -0.2) is 16.8 Å². The largest absolute Gasteiger partial charge is 0.302 e. The number of carbonyl (C=O) groups is 1. The van der Waals surface area contributed by atoms with E-state index in [1.165, 1.54) is 24.3 Å². The van der Waals surface area contributed by atoms with E-state index < -0.39 is 36.1 Å². The molecule has 0 unspecified atom stereocenters. The first-order chi connectivity index (χ1) is 16.2. The van der Waals surface area contributed by atoms with E-state index >= 15 is 0 Å². The lowest BCUT2D eigenvalue weighted by Crippen LogP contribution is -2.39. The highest BCUT2D eigenvalue weighted by molar-refractivity contribution is 8.09. The molecule has 0 aliphatic rings. The lowest BCUT2D eigenvalue weighted by Gasteiger charge is -2.30. The fourth-order valence-electron chi connectivity index (χ4n) is 4.20. The Morgan fingerprint density at radius 3 is 1.68 bits per heavy atom. The highest BCUT2D eigenvalue weighted by Gasteiger charge is 2.45. The van der Waals surface area contributed by atoms with Gasteiger partial charge in [-0.15, -0.1) is 0 Å². The van der Waals surface area contributed by atoms with Crippen LogP contribution >= 0.6 is 0 Å². The molecule has 7 heteroatoms. The molecule has 0 saturated carbocycles. The molecule has 0 spiro atoms. The minimum absolute atomic E-state index is 0.106. The third-order valence-electron chi connectivity index (χ3n) is 6.09. The maximum atomic E-state index is 13.7. The second-order valence-corrected chi connectivity index (χ2v) is 13.0. The number of sulfone groups is 2. The van der Waals surface area contributed by atoms with Gasteiger partial charge in [-0.3, -0.25) is 0 Å². The van der Waals surface area contributed by atoms with Crippen LogP contribution in [0.4, 0.5) is 0 Å². The molecule has 0 aliphatic carbocycles. The SMILES string of the molecule is C[C@](C=O)(CC(S(=O)(=O)c1ccccc1)S(=O)(=O)c1ccccc1)c1cccc2ccccc12. The summed E-state index contributed by atoms with van der Waals surface area (Å²) in [5, 5.41) is 1.65. The van der Waals surface area contributed by atoms with Crippen LogP contribution < -0.4 is 0 Å². The summed E-state index contributed by atoms with van der Waals surface area (Å²) in [6.45, 7) is 1.59. The first-order valence-corrected chi connectivity index (χ1v) is 13.8. The van der Waals surface area contributed by atoms with Crippen LogP contribution in [0.1, 0.15) is 18.9 Å². The van der Waals surface area contributed by atoms with Crippen molar-refractivity contribution >= 4 is 36.7 Å². The van der Waals surface area contributed by atoms with Crippen LogP contribution in [0.5, 0.6) is 0 Å². The monoisotopic (exact) mass is 492 g/mol. The smallest absolute Gasteiger partial charge is 0.195 e. The average Bonchev–Trinajstić information content (AvgIpc) is 2.87. The Balaban J connectivity index is 1.93. The predicted octanol–water partition coefficient (Wildman–Crippen LogP) is 4.96. The molecule has 0 saturated heterocycles. The summed E-state index contributed by atoms with van der Waals surface area (Å²) in [7, 11) is -8.72. The van der Waals surface area contributed by atoms with E-state index in [0.29, 0.717) is 11.8 Å². The molecule has 0 radical (unpaired) electrons. The summed E-state index contributed by atoms with van der Waals surface area (Å²) in [6.07, 6.45) is 0.224. The van der Waals surface area contributed by atoms with Crippen LogP contribution in [0.25, 0.3) is 10.8 Å². The molecule has 4 aromatic rings. The van der Waals surface area contributed by atoms with E-state index in [-0.39, 0.29) is 9.79 Å². The number of carbonyl (C=O) groups excluding carboxylic acids is 1. The molecular formula is C27H24O5S2. The van der Waals surface area contributed by atoms with Crippen LogP contribution in [0.3, 0.4) is 0 Å². The van der Waals surface area contributed by atoms with Gasteiger partial charge in [-0.05, 0) is 53.9 Å². The van der Waals surface area contributed by atoms with Crippen LogP contribution in [0.2, 0.25) is 0 Å². The summed E-state index contributed by atoms with van der Waals surface area (Å²) in [6, 6.07) is 27.8. The standard InChI is InChI=1S/C27H24O5S2/c1-27(20-28,25-18-10-12-21-11-8-9-17-24(21)25)19-26(33(29,30)22-13-4-2-5-14-22)34(31,32)23-15-6-3-7-16-23/h2-18,20,26H,19H2,1H3/t27-/m1/s1. The molecule has 0 aliphatic heterocycles. The van der Waals surface area contributed by atoms with Crippen molar-refractivity contribution in [1.82, 2.24) is 0 Å². The van der Waals surface area contributed by atoms with Crippen molar-refractivity contribution in [3.05, 3.63) is 109 Å². The van der Waals surface area contributed by atoms with Gasteiger partial charge >= 0.3 is 0 Å². The highest BCUT2D eigenvalue weighted by Crippen LogP contribution is 2.38. The Morgan fingerprint density at radius 1 is 0.676 bits per heavy atom. The van der Waals surface area contributed by atoms with E-state index in [4.69, 9.17) is 0 Å². The molecule has 0 heterocycles. The van der Waals surface area contributed by atoms with Gasteiger partial charge in [0.25, 0.3) is 0 Å². The zero-order chi connectivity index (χ0) is 24.4. The number of aldehydes is 1.